The number of benzene rings is 1. The zero-order valence-electron chi connectivity index (χ0n) is 12.8. The van der Waals surface area contributed by atoms with E-state index in [0.717, 1.165) is 10.5 Å². The average Bonchev–Trinajstić information content (AvgIpc) is 3.00. The summed E-state index contributed by atoms with van der Waals surface area (Å²) in [5.41, 5.74) is 0.792. The van der Waals surface area contributed by atoms with E-state index in [4.69, 9.17) is 0 Å². The quantitative estimate of drug-likeness (QED) is 0.850. The van der Waals surface area contributed by atoms with E-state index >= 15 is 0 Å². The van der Waals surface area contributed by atoms with E-state index in [9.17, 15) is 13.6 Å². The Morgan fingerprint density at radius 2 is 2.09 bits per heavy atom. The van der Waals surface area contributed by atoms with Crippen molar-refractivity contribution in [3.63, 3.8) is 0 Å². The second-order valence-corrected chi connectivity index (χ2v) is 4.95. The first-order valence-electron chi connectivity index (χ1n) is 7.31. The zero-order chi connectivity index (χ0) is 16.7. The number of amides is 2. The first-order valence-corrected chi connectivity index (χ1v) is 7.31. The minimum atomic E-state index is -2.59. The van der Waals surface area contributed by atoms with Crippen LogP contribution in [0.25, 0.3) is 0 Å². The molecular formula is C15H19F2N5O. The summed E-state index contributed by atoms with van der Waals surface area (Å²) in [6.45, 7) is 2.23. The van der Waals surface area contributed by atoms with Gasteiger partial charge in [-0.1, -0.05) is 30.3 Å². The van der Waals surface area contributed by atoms with Crippen molar-refractivity contribution in [2.45, 2.75) is 33.0 Å². The van der Waals surface area contributed by atoms with E-state index < -0.39 is 19.0 Å². The lowest BCUT2D eigenvalue weighted by Gasteiger charge is -2.22. The van der Waals surface area contributed by atoms with E-state index in [1.807, 2.05) is 13.0 Å². The number of nitrogens with zero attached hydrogens (tertiary/aromatic N) is 4. The standard InChI is InChI=1S/C15H19F2N5O/c1-2-21-11-19-20-14(21)8-18-15(23)22(10-13(16)17)9-12-6-4-3-5-7-12/h3-7,11,13H,2,8-10H2,1H3,(H,18,23). The number of nitrogens with one attached hydrogen (secondary N) is 1. The second kappa shape index (κ2) is 8.21. The zero-order valence-corrected chi connectivity index (χ0v) is 12.8. The maximum Gasteiger partial charge on any atom is 0.318 e. The lowest BCUT2D eigenvalue weighted by molar-refractivity contribution is 0.0955. The molecule has 1 aromatic carbocycles. The lowest BCUT2D eigenvalue weighted by atomic mass is 10.2. The van der Waals surface area contributed by atoms with Crippen LogP contribution >= 0.6 is 0 Å². The van der Waals surface area contributed by atoms with Gasteiger partial charge < -0.3 is 14.8 Å². The van der Waals surface area contributed by atoms with E-state index in [2.05, 4.69) is 15.5 Å². The van der Waals surface area contributed by atoms with E-state index in [1.54, 1.807) is 35.2 Å². The molecule has 2 aromatic rings. The molecule has 0 radical (unpaired) electrons. The molecule has 23 heavy (non-hydrogen) atoms. The Hall–Kier alpha value is -2.51. The molecule has 0 unspecified atom stereocenters. The van der Waals surface area contributed by atoms with Crippen molar-refractivity contribution >= 4 is 6.03 Å². The molecule has 0 bridgehead atoms. The minimum Gasteiger partial charge on any atom is -0.331 e. The number of rotatable bonds is 7. The van der Waals surface area contributed by atoms with Crippen molar-refractivity contribution in [2.24, 2.45) is 0 Å². The van der Waals surface area contributed by atoms with Crippen molar-refractivity contribution < 1.29 is 13.6 Å². The SMILES string of the molecule is CCn1cnnc1CNC(=O)N(Cc1ccccc1)CC(F)F. The van der Waals surface area contributed by atoms with Crippen molar-refractivity contribution in [3.8, 4) is 0 Å². The molecule has 0 fully saturated rings. The molecule has 8 heteroatoms. The number of aromatic nitrogens is 3. The average molecular weight is 323 g/mol. The smallest absolute Gasteiger partial charge is 0.318 e. The number of carbonyl (C=O) groups is 1. The first-order chi connectivity index (χ1) is 11.1. The van der Waals surface area contributed by atoms with Gasteiger partial charge in [0.25, 0.3) is 6.43 Å². The second-order valence-electron chi connectivity index (χ2n) is 4.95. The maximum atomic E-state index is 12.7. The van der Waals surface area contributed by atoms with Crippen LogP contribution in [-0.2, 0) is 19.6 Å². The molecule has 1 N–H and O–H groups in total. The first kappa shape index (κ1) is 16.9. The van der Waals surface area contributed by atoms with Crippen LogP contribution in [0, 0.1) is 0 Å². The van der Waals surface area contributed by atoms with E-state index in [0.29, 0.717) is 12.4 Å². The fourth-order valence-electron chi connectivity index (χ4n) is 2.14. The summed E-state index contributed by atoms with van der Waals surface area (Å²) in [7, 11) is 0. The fourth-order valence-corrected chi connectivity index (χ4v) is 2.14. The fraction of sp³-hybridized carbons (Fsp3) is 0.400. The van der Waals surface area contributed by atoms with Crippen molar-refractivity contribution in [1.29, 1.82) is 0 Å². The maximum absolute atomic E-state index is 12.7. The summed E-state index contributed by atoms with van der Waals surface area (Å²) >= 11 is 0. The largest absolute Gasteiger partial charge is 0.331 e. The number of hydrogen-bond donors (Lipinski definition) is 1. The van der Waals surface area contributed by atoms with Gasteiger partial charge in [-0.15, -0.1) is 10.2 Å². The Labute approximate surface area is 133 Å². The molecule has 0 atom stereocenters. The van der Waals surface area contributed by atoms with Gasteiger partial charge in [-0.25, -0.2) is 13.6 Å². The minimum absolute atomic E-state index is 0.123. The van der Waals surface area contributed by atoms with Gasteiger partial charge in [-0.2, -0.15) is 0 Å². The van der Waals surface area contributed by atoms with Gasteiger partial charge in [0.15, 0.2) is 5.82 Å². The molecular weight excluding hydrogens is 304 g/mol. The van der Waals surface area contributed by atoms with Gasteiger partial charge in [0.1, 0.15) is 6.33 Å². The van der Waals surface area contributed by atoms with Crippen LogP contribution in [0.3, 0.4) is 0 Å². The molecule has 0 aliphatic rings. The van der Waals surface area contributed by atoms with Gasteiger partial charge in [0.05, 0.1) is 13.1 Å². The van der Waals surface area contributed by atoms with Crippen LogP contribution in [0.5, 0.6) is 0 Å². The third kappa shape index (κ3) is 5.01. The normalized spacial score (nSPS) is 10.8. The van der Waals surface area contributed by atoms with Crippen LogP contribution in [0.1, 0.15) is 18.3 Å². The summed E-state index contributed by atoms with van der Waals surface area (Å²) in [6, 6.07) is 8.46. The highest BCUT2D eigenvalue weighted by Crippen LogP contribution is 2.08. The third-order valence-corrected chi connectivity index (χ3v) is 3.30. The van der Waals surface area contributed by atoms with Gasteiger partial charge in [-0.3, -0.25) is 0 Å². The molecule has 0 aliphatic carbocycles. The molecule has 1 heterocycles. The molecule has 0 saturated carbocycles. The summed E-state index contributed by atoms with van der Waals surface area (Å²) in [4.78, 5) is 13.3. The van der Waals surface area contributed by atoms with Crippen LogP contribution < -0.4 is 5.32 Å². The monoisotopic (exact) mass is 323 g/mol. The van der Waals surface area contributed by atoms with Gasteiger partial charge >= 0.3 is 6.03 Å². The van der Waals surface area contributed by atoms with Crippen LogP contribution in [0.15, 0.2) is 36.7 Å². The molecule has 6 nitrogen and oxygen atoms in total. The predicted octanol–water partition coefficient (Wildman–Crippen LogP) is 2.27. The number of carbonyl (C=O) groups excluding carboxylic acids is 1. The number of hydrogen-bond acceptors (Lipinski definition) is 3. The highest BCUT2D eigenvalue weighted by molar-refractivity contribution is 5.74. The summed E-state index contributed by atoms with van der Waals surface area (Å²) in [5.74, 6) is 0.581. The number of halogens is 2. The molecule has 2 rings (SSSR count). The van der Waals surface area contributed by atoms with E-state index in [-0.39, 0.29) is 13.1 Å². The predicted molar refractivity (Wildman–Crippen MR) is 80.8 cm³/mol. The highest BCUT2D eigenvalue weighted by atomic mass is 19.3. The molecule has 124 valence electrons. The molecule has 0 aliphatic heterocycles. The van der Waals surface area contributed by atoms with Crippen LogP contribution in [0.4, 0.5) is 13.6 Å². The van der Waals surface area contributed by atoms with Crippen molar-refractivity contribution in [2.75, 3.05) is 6.54 Å². The Kier molecular flexibility index (Phi) is 6.02. The number of urea groups is 1. The molecule has 1 aromatic heterocycles. The lowest BCUT2D eigenvalue weighted by Crippen LogP contribution is -2.42. The highest BCUT2D eigenvalue weighted by Gasteiger charge is 2.19. The summed E-state index contributed by atoms with van der Waals surface area (Å²) in [6.07, 6.45) is -1.04. The van der Waals surface area contributed by atoms with Gasteiger partial charge in [-0.05, 0) is 12.5 Å². The number of aryl methyl sites for hydroxylation is 1. The molecule has 2 amide bonds. The Balaban J connectivity index is 1.98. The number of alkyl halides is 2. The molecule has 0 saturated heterocycles. The van der Waals surface area contributed by atoms with Crippen LogP contribution in [-0.4, -0.2) is 38.7 Å². The summed E-state index contributed by atoms with van der Waals surface area (Å²) < 4.78 is 27.2. The Morgan fingerprint density at radius 3 is 2.74 bits per heavy atom. The van der Waals surface area contributed by atoms with Crippen molar-refractivity contribution in [1.82, 2.24) is 25.0 Å². The van der Waals surface area contributed by atoms with Gasteiger partial charge in [0, 0.05) is 13.1 Å². The van der Waals surface area contributed by atoms with E-state index in [1.165, 1.54) is 0 Å². The van der Waals surface area contributed by atoms with Crippen molar-refractivity contribution in [3.05, 3.63) is 48.0 Å². The topological polar surface area (TPSA) is 63.1 Å². The van der Waals surface area contributed by atoms with Crippen LogP contribution in [0.2, 0.25) is 0 Å². The Morgan fingerprint density at radius 1 is 1.35 bits per heavy atom. The van der Waals surface area contributed by atoms with Gasteiger partial charge in [0.2, 0.25) is 0 Å². The summed E-state index contributed by atoms with van der Waals surface area (Å²) in [5, 5.41) is 10.3. The Bertz CT molecular complexity index is 617. The molecule has 0 spiro atoms. The third-order valence-electron chi connectivity index (χ3n) is 3.30.